The number of hydrogen-bond donors (Lipinski definition) is 1. The number of rotatable bonds is 6. The summed E-state index contributed by atoms with van der Waals surface area (Å²) in [5, 5.41) is 3.34. The summed E-state index contributed by atoms with van der Waals surface area (Å²) in [6.45, 7) is 11.7. The van der Waals surface area contributed by atoms with Crippen LogP contribution in [0.1, 0.15) is 57.4 Å². The topological polar surface area (TPSA) is 66.5 Å². The first-order valence-corrected chi connectivity index (χ1v) is 12.1. The summed E-state index contributed by atoms with van der Waals surface area (Å²) in [4.78, 5) is 13.0. The first-order chi connectivity index (χ1) is 13.7. The van der Waals surface area contributed by atoms with Gasteiger partial charge in [-0.1, -0.05) is 62.7 Å². The molecule has 2 atom stereocenters. The summed E-state index contributed by atoms with van der Waals surface area (Å²) in [5.41, 5.74) is 3.32. The van der Waals surface area contributed by atoms with E-state index in [4.69, 9.17) is 11.6 Å². The minimum Gasteiger partial charge on any atom is -0.348 e. The largest absolute Gasteiger partial charge is 0.348 e. The van der Waals surface area contributed by atoms with Gasteiger partial charge in [0.05, 0.1) is 18.0 Å². The van der Waals surface area contributed by atoms with Crippen LogP contribution in [0.5, 0.6) is 0 Å². The van der Waals surface area contributed by atoms with Gasteiger partial charge in [0.25, 0.3) is 0 Å². The predicted molar refractivity (Wildman–Crippen MR) is 125 cm³/mol. The molecule has 2 rings (SSSR count). The zero-order valence-electron chi connectivity index (χ0n) is 18.7. The lowest BCUT2D eigenvalue weighted by atomic mass is 9.86. The Morgan fingerprint density at radius 2 is 1.63 bits per heavy atom. The Bertz CT molecular complexity index is 1010. The number of aryl methyl sites for hydroxylation is 1. The van der Waals surface area contributed by atoms with Crippen LogP contribution in [0.3, 0.4) is 0 Å². The maximum Gasteiger partial charge on any atom is 0.244 e. The first-order valence-electron chi connectivity index (χ1n) is 9.88. The van der Waals surface area contributed by atoms with Gasteiger partial charge in [-0.05, 0) is 55.0 Å². The van der Waals surface area contributed by atoms with Crippen molar-refractivity contribution in [1.29, 1.82) is 0 Å². The number of halogens is 1. The van der Waals surface area contributed by atoms with Crippen molar-refractivity contribution in [3.63, 3.8) is 0 Å². The van der Waals surface area contributed by atoms with Crippen molar-refractivity contribution < 1.29 is 13.2 Å². The average Bonchev–Trinajstić information content (AvgIpc) is 2.62. The lowest BCUT2D eigenvalue weighted by Gasteiger charge is -2.30. The number of carbonyl (C=O) groups excluding carboxylic acids is 1. The van der Waals surface area contributed by atoms with Gasteiger partial charge in [-0.25, -0.2) is 8.42 Å². The number of carbonyl (C=O) groups is 1. The fourth-order valence-electron chi connectivity index (χ4n) is 3.29. The molecule has 0 aliphatic heterocycles. The third-order valence-electron chi connectivity index (χ3n) is 5.13. The van der Waals surface area contributed by atoms with Crippen molar-refractivity contribution in [1.82, 2.24) is 5.32 Å². The first kappa shape index (κ1) is 24.2. The molecular weight excluding hydrogens is 420 g/mol. The van der Waals surface area contributed by atoms with E-state index < -0.39 is 16.1 Å². The lowest BCUT2D eigenvalue weighted by molar-refractivity contribution is -0.122. The molecule has 0 heterocycles. The fraction of sp³-hybridized carbons (Fsp3) is 0.435. The predicted octanol–water partition coefficient (Wildman–Crippen LogP) is 4.98. The molecule has 0 aromatic heterocycles. The molecule has 0 saturated heterocycles. The Hall–Kier alpha value is -2.05. The molecule has 5 nitrogen and oxygen atoms in total. The van der Waals surface area contributed by atoms with E-state index in [1.807, 2.05) is 19.1 Å². The molecule has 0 radical (unpaired) electrons. The van der Waals surface area contributed by atoms with Crippen LogP contribution < -0.4 is 9.62 Å². The number of nitrogens with one attached hydrogen (secondary N) is 1. The summed E-state index contributed by atoms with van der Waals surface area (Å²) in [7, 11) is -3.71. The van der Waals surface area contributed by atoms with Gasteiger partial charge in [0.1, 0.15) is 6.04 Å². The quantitative estimate of drug-likeness (QED) is 0.675. The van der Waals surface area contributed by atoms with E-state index in [1.165, 1.54) is 5.56 Å². The number of sulfonamides is 1. The van der Waals surface area contributed by atoms with E-state index in [0.29, 0.717) is 10.7 Å². The Morgan fingerprint density at radius 1 is 1.07 bits per heavy atom. The third-order valence-corrected chi connectivity index (χ3v) is 6.60. The van der Waals surface area contributed by atoms with E-state index in [-0.39, 0.29) is 17.4 Å². The molecule has 1 amide bonds. The highest BCUT2D eigenvalue weighted by atomic mass is 35.5. The van der Waals surface area contributed by atoms with Crippen LogP contribution >= 0.6 is 11.6 Å². The summed E-state index contributed by atoms with van der Waals surface area (Å²) in [6, 6.07) is 11.9. The van der Waals surface area contributed by atoms with E-state index >= 15 is 0 Å². The minimum absolute atomic E-state index is 0.0460. The second-order valence-corrected chi connectivity index (χ2v) is 11.1. The summed E-state index contributed by atoms with van der Waals surface area (Å²) < 4.78 is 26.2. The molecule has 164 valence electrons. The monoisotopic (exact) mass is 450 g/mol. The van der Waals surface area contributed by atoms with Crippen molar-refractivity contribution in [2.75, 3.05) is 10.6 Å². The smallest absolute Gasteiger partial charge is 0.244 e. The van der Waals surface area contributed by atoms with Crippen molar-refractivity contribution in [3.8, 4) is 0 Å². The molecule has 2 aromatic rings. The van der Waals surface area contributed by atoms with Gasteiger partial charge in [0, 0.05) is 5.02 Å². The highest BCUT2D eigenvalue weighted by molar-refractivity contribution is 7.92. The fourth-order valence-corrected chi connectivity index (χ4v) is 4.68. The average molecular weight is 451 g/mol. The van der Waals surface area contributed by atoms with E-state index in [2.05, 4.69) is 38.2 Å². The maximum absolute atomic E-state index is 13.0. The van der Waals surface area contributed by atoms with Crippen LogP contribution in [-0.2, 0) is 20.2 Å². The van der Waals surface area contributed by atoms with Crippen LogP contribution in [0.15, 0.2) is 42.5 Å². The molecule has 30 heavy (non-hydrogen) atoms. The van der Waals surface area contributed by atoms with Gasteiger partial charge in [-0.2, -0.15) is 0 Å². The van der Waals surface area contributed by atoms with E-state index in [9.17, 15) is 13.2 Å². The van der Waals surface area contributed by atoms with E-state index in [0.717, 1.165) is 21.7 Å². The van der Waals surface area contributed by atoms with Crippen molar-refractivity contribution in [3.05, 3.63) is 64.2 Å². The van der Waals surface area contributed by atoms with Crippen LogP contribution in [-0.4, -0.2) is 26.6 Å². The zero-order chi connectivity index (χ0) is 22.9. The highest BCUT2D eigenvalue weighted by Gasteiger charge is 2.31. The van der Waals surface area contributed by atoms with E-state index in [1.54, 1.807) is 32.0 Å². The van der Waals surface area contributed by atoms with Crippen LogP contribution in [0.4, 0.5) is 5.69 Å². The second-order valence-electron chi connectivity index (χ2n) is 8.77. The van der Waals surface area contributed by atoms with Gasteiger partial charge >= 0.3 is 0 Å². The molecule has 0 unspecified atom stereocenters. The third kappa shape index (κ3) is 5.76. The van der Waals surface area contributed by atoms with Gasteiger partial charge in [-0.3, -0.25) is 9.10 Å². The number of hydrogen-bond acceptors (Lipinski definition) is 3. The molecule has 2 aromatic carbocycles. The Labute approximate surface area is 185 Å². The Morgan fingerprint density at radius 3 is 2.13 bits per heavy atom. The Balaban J connectivity index is 2.26. The Kier molecular flexibility index (Phi) is 7.25. The normalized spacial score (nSPS) is 14.1. The molecule has 0 spiro atoms. The molecule has 0 aliphatic carbocycles. The SMILES string of the molecule is Cc1ccc(Cl)cc1N([C@@H](C)C(=O)N[C@@H](C)c1ccc(C(C)(C)C)cc1)S(C)(=O)=O. The second kappa shape index (κ2) is 8.98. The zero-order valence-corrected chi connectivity index (χ0v) is 20.2. The molecule has 0 aliphatic rings. The summed E-state index contributed by atoms with van der Waals surface area (Å²) in [5.74, 6) is -0.382. The minimum atomic E-state index is -3.71. The number of benzene rings is 2. The van der Waals surface area contributed by atoms with Crippen molar-refractivity contribution in [2.45, 2.75) is 59.0 Å². The van der Waals surface area contributed by atoms with Crippen molar-refractivity contribution in [2.24, 2.45) is 0 Å². The molecule has 0 bridgehead atoms. The van der Waals surface area contributed by atoms with Crippen LogP contribution in [0.25, 0.3) is 0 Å². The standard InChI is InChI=1S/C23H31ClN2O3S/c1-15-8-13-20(24)14-21(15)26(30(7,28)29)17(3)22(27)25-16(2)18-9-11-19(12-10-18)23(4,5)6/h8-14,16-17H,1-7H3,(H,25,27)/t16-,17-/m0/s1. The molecule has 0 saturated carbocycles. The van der Waals surface area contributed by atoms with Crippen LogP contribution in [0, 0.1) is 6.92 Å². The maximum atomic E-state index is 13.0. The molecule has 0 fully saturated rings. The summed E-state index contributed by atoms with van der Waals surface area (Å²) in [6.07, 6.45) is 1.09. The molecular formula is C23H31ClN2O3S. The summed E-state index contributed by atoms with van der Waals surface area (Å²) >= 11 is 6.08. The number of nitrogens with zero attached hydrogens (tertiary/aromatic N) is 1. The molecule has 7 heteroatoms. The number of anilines is 1. The van der Waals surface area contributed by atoms with Crippen LogP contribution in [0.2, 0.25) is 5.02 Å². The highest BCUT2D eigenvalue weighted by Crippen LogP contribution is 2.29. The molecule has 1 N–H and O–H groups in total. The van der Waals surface area contributed by atoms with Gasteiger partial charge < -0.3 is 5.32 Å². The lowest BCUT2D eigenvalue weighted by Crippen LogP contribution is -2.48. The van der Waals surface area contributed by atoms with Gasteiger partial charge in [0.15, 0.2) is 0 Å². The van der Waals surface area contributed by atoms with Gasteiger partial charge in [-0.15, -0.1) is 0 Å². The van der Waals surface area contributed by atoms with Crippen molar-refractivity contribution >= 4 is 33.2 Å². The number of amides is 1. The van der Waals surface area contributed by atoms with Gasteiger partial charge in [0.2, 0.25) is 15.9 Å².